The Morgan fingerprint density at radius 3 is 1.52 bits per heavy atom. The van der Waals surface area contributed by atoms with E-state index in [0.29, 0.717) is 0 Å². The molecular weight excluding hydrogens is 530 g/mol. The highest BCUT2D eigenvalue weighted by molar-refractivity contribution is 14.1. The first kappa shape index (κ1) is 17.3. The monoisotopic (exact) mass is 548 g/mol. The van der Waals surface area contributed by atoms with Gasteiger partial charge in [0.15, 0.2) is 0 Å². The van der Waals surface area contributed by atoms with Gasteiger partial charge in [0.25, 0.3) is 0 Å². The second-order valence-electron chi connectivity index (χ2n) is 6.70. The van der Waals surface area contributed by atoms with Gasteiger partial charge >= 0.3 is 0 Å². The van der Waals surface area contributed by atoms with Crippen molar-refractivity contribution in [1.82, 2.24) is 0 Å². The Morgan fingerprint density at radius 2 is 1.04 bits per heavy atom. The van der Waals surface area contributed by atoms with E-state index in [1.54, 1.807) is 0 Å². The maximum atomic E-state index is 2.46. The molecule has 0 unspecified atom stereocenters. The maximum Gasteiger partial charge on any atom is 0.0209 e. The zero-order valence-corrected chi connectivity index (χ0v) is 18.8. The van der Waals surface area contributed by atoms with E-state index >= 15 is 0 Å². The molecule has 0 saturated heterocycles. The van der Waals surface area contributed by atoms with E-state index in [4.69, 9.17) is 0 Å². The minimum absolute atomic E-state index is 1.31. The van der Waals surface area contributed by atoms with Crippen LogP contribution in [0, 0.1) is 27.9 Å². The average molecular weight is 548 g/mol. The van der Waals surface area contributed by atoms with Crippen LogP contribution in [0.15, 0.2) is 54.6 Å². The molecule has 0 aromatic heterocycles. The highest BCUT2D eigenvalue weighted by atomic mass is 127. The lowest BCUT2D eigenvalue weighted by molar-refractivity contribution is 1.33. The van der Waals surface area contributed by atoms with Gasteiger partial charge in [-0.25, -0.2) is 0 Å². The number of benzene rings is 4. The van der Waals surface area contributed by atoms with Crippen molar-refractivity contribution in [3.8, 4) is 11.1 Å². The molecule has 0 nitrogen and oxygen atoms in total. The summed E-state index contributed by atoms with van der Waals surface area (Å²) in [6.45, 7) is 6.65. The first-order valence-corrected chi connectivity index (χ1v) is 10.5. The lowest BCUT2D eigenvalue weighted by Crippen LogP contribution is -1.94. The highest BCUT2D eigenvalue weighted by Gasteiger charge is 2.16. The molecule has 0 aliphatic heterocycles. The Balaban J connectivity index is 2.29. The van der Waals surface area contributed by atoms with Crippen LogP contribution in [0.4, 0.5) is 0 Å². The van der Waals surface area contributed by atoms with Crippen molar-refractivity contribution in [2.75, 3.05) is 0 Å². The molecule has 0 saturated carbocycles. The third-order valence-corrected chi connectivity index (χ3v) is 6.74. The molecule has 0 aliphatic rings. The molecule has 0 spiro atoms. The van der Waals surface area contributed by atoms with Crippen LogP contribution >= 0.6 is 45.2 Å². The molecular formula is C23H18I2. The molecule has 124 valence electrons. The van der Waals surface area contributed by atoms with Crippen molar-refractivity contribution in [3.63, 3.8) is 0 Å². The summed E-state index contributed by atoms with van der Waals surface area (Å²) in [4.78, 5) is 0. The molecule has 0 N–H and O–H groups in total. The number of rotatable bonds is 1. The van der Waals surface area contributed by atoms with Gasteiger partial charge in [-0.15, -0.1) is 0 Å². The highest BCUT2D eigenvalue weighted by Crippen LogP contribution is 2.41. The first-order valence-electron chi connectivity index (χ1n) is 8.35. The Labute approximate surface area is 175 Å². The number of halogens is 2. The summed E-state index contributed by atoms with van der Waals surface area (Å²) >= 11 is 4.92. The molecule has 4 aromatic rings. The molecule has 0 radical (unpaired) electrons. The SMILES string of the molecule is Cc1cc(C)c(-c2c3cccc(I)c3cc3c(I)cccc23)c(C)c1. The topological polar surface area (TPSA) is 0 Å². The molecule has 4 rings (SSSR count). The maximum absolute atomic E-state index is 2.46. The predicted octanol–water partition coefficient (Wildman–Crippen LogP) is 7.79. The van der Waals surface area contributed by atoms with Crippen molar-refractivity contribution in [3.05, 3.63) is 78.4 Å². The quantitative estimate of drug-likeness (QED) is 0.168. The summed E-state index contributed by atoms with van der Waals surface area (Å²) in [7, 11) is 0. The normalized spacial score (nSPS) is 11.4. The third-order valence-electron chi connectivity index (χ3n) is 4.86. The zero-order valence-electron chi connectivity index (χ0n) is 14.5. The summed E-state index contributed by atoms with van der Waals surface area (Å²) < 4.78 is 2.61. The van der Waals surface area contributed by atoms with Crippen LogP contribution in [0.25, 0.3) is 32.7 Å². The van der Waals surface area contributed by atoms with E-state index in [0.717, 1.165) is 0 Å². The second kappa shape index (κ2) is 6.54. The minimum atomic E-state index is 1.31. The van der Waals surface area contributed by atoms with Crippen molar-refractivity contribution < 1.29 is 0 Å². The van der Waals surface area contributed by atoms with E-state index in [1.165, 1.54) is 56.5 Å². The second-order valence-corrected chi connectivity index (χ2v) is 9.02. The van der Waals surface area contributed by atoms with Crippen molar-refractivity contribution >= 4 is 66.7 Å². The molecule has 4 aromatic carbocycles. The van der Waals surface area contributed by atoms with E-state index in [2.05, 4.69) is 121 Å². The lowest BCUT2D eigenvalue weighted by atomic mass is 9.87. The van der Waals surface area contributed by atoms with Gasteiger partial charge in [-0.1, -0.05) is 42.0 Å². The fourth-order valence-electron chi connectivity index (χ4n) is 3.94. The summed E-state index contributed by atoms with van der Waals surface area (Å²) in [5.74, 6) is 0. The van der Waals surface area contributed by atoms with Crippen LogP contribution in [-0.4, -0.2) is 0 Å². The molecule has 0 atom stereocenters. The van der Waals surface area contributed by atoms with E-state index in [1.807, 2.05) is 0 Å². The smallest absolute Gasteiger partial charge is 0.0209 e. The number of hydrogen-bond acceptors (Lipinski definition) is 0. The van der Waals surface area contributed by atoms with Gasteiger partial charge in [-0.05, 0) is 128 Å². The summed E-state index contributed by atoms with van der Waals surface area (Å²) in [5, 5.41) is 5.37. The van der Waals surface area contributed by atoms with Crippen LogP contribution < -0.4 is 0 Å². The van der Waals surface area contributed by atoms with Gasteiger partial charge in [0.05, 0.1) is 0 Å². The molecule has 2 heteroatoms. The molecule has 0 amide bonds. The van der Waals surface area contributed by atoms with Gasteiger partial charge in [-0.2, -0.15) is 0 Å². The third kappa shape index (κ3) is 2.87. The molecule has 0 heterocycles. The number of hydrogen-bond donors (Lipinski definition) is 0. The minimum Gasteiger partial charge on any atom is -0.0606 e. The van der Waals surface area contributed by atoms with Crippen LogP contribution in [0.1, 0.15) is 16.7 Å². The van der Waals surface area contributed by atoms with Crippen molar-refractivity contribution in [1.29, 1.82) is 0 Å². The molecule has 0 aliphatic carbocycles. The Kier molecular flexibility index (Phi) is 4.52. The van der Waals surface area contributed by atoms with Crippen molar-refractivity contribution in [2.45, 2.75) is 20.8 Å². The number of aryl methyl sites for hydroxylation is 3. The standard InChI is InChI=1S/C23H18I2/c1-13-10-14(2)22(15(3)11-13)23-16-6-4-8-20(24)18(16)12-19-17(23)7-5-9-21(19)25/h4-12H,1-3H3. The lowest BCUT2D eigenvalue weighted by Gasteiger charge is -2.18. The number of fused-ring (bicyclic) bond motifs is 2. The predicted molar refractivity (Wildman–Crippen MR) is 127 cm³/mol. The first-order chi connectivity index (χ1) is 12.0. The Morgan fingerprint density at radius 1 is 0.560 bits per heavy atom. The average Bonchev–Trinajstić information content (AvgIpc) is 2.55. The Hall–Kier alpha value is -1.14. The van der Waals surface area contributed by atoms with Gasteiger partial charge in [-0.3, -0.25) is 0 Å². The van der Waals surface area contributed by atoms with Crippen molar-refractivity contribution in [2.24, 2.45) is 0 Å². The van der Waals surface area contributed by atoms with Crippen LogP contribution in [0.3, 0.4) is 0 Å². The fraction of sp³-hybridized carbons (Fsp3) is 0.130. The fourth-order valence-corrected chi connectivity index (χ4v) is 5.24. The van der Waals surface area contributed by atoms with E-state index in [-0.39, 0.29) is 0 Å². The molecule has 25 heavy (non-hydrogen) atoms. The van der Waals surface area contributed by atoms with Gasteiger partial charge < -0.3 is 0 Å². The van der Waals surface area contributed by atoms with Crippen LogP contribution in [0.2, 0.25) is 0 Å². The summed E-state index contributed by atoms with van der Waals surface area (Å²) in [6, 6.07) is 20.2. The van der Waals surface area contributed by atoms with E-state index in [9.17, 15) is 0 Å². The molecule has 0 bridgehead atoms. The molecule has 0 fully saturated rings. The van der Waals surface area contributed by atoms with Gasteiger partial charge in [0, 0.05) is 7.14 Å². The Bertz CT molecular complexity index is 1060. The van der Waals surface area contributed by atoms with E-state index < -0.39 is 0 Å². The summed E-state index contributed by atoms with van der Waals surface area (Å²) in [6.07, 6.45) is 0. The summed E-state index contributed by atoms with van der Waals surface area (Å²) in [5.41, 5.74) is 6.78. The largest absolute Gasteiger partial charge is 0.0606 e. The van der Waals surface area contributed by atoms with Gasteiger partial charge in [0.1, 0.15) is 0 Å². The van der Waals surface area contributed by atoms with Crippen LogP contribution in [0.5, 0.6) is 0 Å². The van der Waals surface area contributed by atoms with Gasteiger partial charge in [0.2, 0.25) is 0 Å². The zero-order chi connectivity index (χ0) is 17.7. The van der Waals surface area contributed by atoms with Crippen LogP contribution in [-0.2, 0) is 0 Å².